The van der Waals surface area contributed by atoms with E-state index in [-0.39, 0.29) is 5.56 Å². The summed E-state index contributed by atoms with van der Waals surface area (Å²) < 4.78 is 26.7. The van der Waals surface area contributed by atoms with Crippen molar-refractivity contribution in [3.05, 3.63) is 33.2 Å². The van der Waals surface area contributed by atoms with E-state index in [0.29, 0.717) is 19.1 Å². The third-order valence-corrected chi connectivity index (χ3v) is 6.26. The second kappa shape index (κ2) is 7.53. The molecule has 2 aromatic heterocycles. The summed E-state index contributed by atoms with van der Waals surface area (Å²) in [5.41, 5.74) is 1.66. The van der Waals surface area contributed by atoms with E-state index in [0.717, 1.165) is 48.6 Å². The molecule has 0 aliphatic carbocycles. The van der Waals surface area contributed by atoms with Crippen LogP contribution in [0, 0.1) is 6.92 Å². The highest BCUT2D eigenvalue weighted by molar-refractivity contribution is 7.88. The zero-order valence-electron chi connectivity index (χ0n) is 14.6. The van der Waals surface area contributed by atoms with Crippen molar-refractivity contribution in [2.45, 2.75) is 45.2 Å². The van der Waals surface area contributed by atoms with Gasteiger partial charge in [0.05, 0.1) is 11.9 Å². The van der Waals surface area contributed by atoms with E-state index in [4.69, 9.17) is 0 Å². The van der Waals surface area contributed by atoms with Crippen LogP contribution in [-0.4, -0.2) is 48.1 Å². The Bertz CT molecular complexity index is 904. The summed E-state index contributed by atoms with van der Waals surface area (Å²) in [4.78, 5) is 20.0. The molecule has 0 saturated carbocycles. The molecule has 7 nitrogen and oxygen atoms in total. The molecule has 0 bridgehead atoms. The zero-order chi connectivity index (χ0) is 18.0. The average molecular weight is 385 g/mol. The van der Waals surface area contributed by atoms with Gasteiger partial charge in [0.2, 0.25) is 10.0 Å². The Labute approximate surface area is 151 Å². The number of hydrogen-bond donors (Lipinski definition) is 1. The van der Waals surface area contributed by atoms with Crippen LogP contribution in [0.15, 0.2) is 16.2 Å². The van der Waals surface area contributed by atoms with Crippen molar-refractivity contribution in [3.8, 4) is 0 Å². The molecular formula is C16H24N4O3S2. The lowest BCUT2D eigenvalue weighted by Crippen LogP contribution is -2.41. The van der Waals surface area contributed by atoms with Crippen molar-refractivity contribution < 1.29 is 8.42 Å². The van der Waals surface area contributed by atoms with Gasteiger partial charge < -0.3 is 0 Å². The topological polar surface area (TPSA) is 83.8 Å². The summed E-state index contributed by atoms with van der Waals surface area (Å²) in [6.07, 6.45) is 5.27. The van der Waals surface area contributed by atoms with Crippen LogP contribution in [0.1, 0.15) is 37.1 Å². The predicted molar refractivity (Wildman–Crippen MR) is 99.6 cm³/mol. The SMILES string of the molecule is Cc1csc2nc(CN3CCCC[C@H]3CCNS(C)(=O)=O)cc(=O)n12. The highest BCUT2D eigenvalue weighted by atomic mass is 32.2. The number of aromatic nitrogens is 2. The molecule has 0 unspecified atom stereocenters. The van der Waals surface area contributed by atoms with Gasteiger partial charge in [-0.1, -0.05) is 6.42 Å². The van der Waals surface area contributed by atoms with Gasteiger partial charge in [-0.05, 0) is 32.7 Å². The minimum atomic E-state index is -3.15. The maximum Gasteiger partial charge on any atom is 0.259 e. The Kier molecular flexibility index (Phi) is 5.57. The van der Waals surface area contributed by atoms with Gasteiger partial charge in [-0.3, -0.25) is 14.1 Å². The molecule has 1 aliphatic rings. The lowest BCUT2D eigenvalue weighted by Gasteiger charge is -2.35. The zero-order valence-corrected chi connectivity index (χ0v) is 16.2. The smallest absolute Gasteiger partial charge is 0.259 e. The normalized spacial score (nSPS) is 19.5. The monoisotopic (exact) mass is 384 g/mol. The lowest BCUT2D eigenvalue weighted by molar-refractivity contribution is 0.131. The van der Waals surface area contributed by atoms with E-state index < -0.39 is 10.0 Å². The fourth-order valence-corrected chi connectivity index (χ4v) is 4.78. The molecule has 1 aliphatic heterocycles. The molecule has 0 amide bonds. The van der Waals surface area contributed by atoms with Crippen LogP contribution in [-0.2, 0) is 16.6 Å². The highest BCUT2D eigenvalue weighted by Crippen LogP contribution is 2.21. The first-order chi connectivity index (χ1) is 11.8. The van der Waals surface area contributed by atoms with Crippen LogP contribution in [0.3, 0.4) is 0 Å². The first-order valence-electron chi connectivity index (χ1n) is 8.49. The predicted octanol–water partition coefficient (Wildman–Crippen LogP) is 1.36. The van der Waals surface area contributed by atoms with E-state index in [9.17, 15) is 13.2 Å². The average Bonchev–Trinajstić information content (AvgIpc) is 2.89. The molecule has 25 heavy (non-hydrogen) atoms. The Morgan fingerprint density at radius 3 is 2.96 bits per heavy atom. The Balaban J connectivity index is 1.72. The van der Waals surface area contributed by atoms with Crippen molar-refractivity contribution in [2.24, 2.45) is 0 Å². The number of thiazole rings is 1. The van der Waals surface area contributed by atoms with Crippen LogP contribution < -0.4 is 10.3 Å². The van der Waals surface area contributed by atoms with Gasteiger partial charge in [0.25, 0.3) is 5.56 Å². The molecule has 0 spiro atoms. The molecule has 1 fully saturated rings. The van der Waals surface area contributed by atoms with Gasteiger partial charge in [-0.25, -0.2) is 18.1 Å². The minimum absolute atomic E-state index is 0.0361. The fourth-order valence-electron chi connectivity index (χ4n) is 3.40. The maximum atomic E-state index is 12.3. The van der Waals surface area contributed by atoms with E-state index >= 15 is 0 Å². The molecule has 9 heteroatoms. The Hall–Kier alpha value is -1.29. The third-order valence-electron chi connectivity index (χ3n) is 4.58. The number of sulfonamides is 1. The molecule has 0 aromatic carbocycles. The summed E-state index contributed by atoms with van der Waals surface area (Å²) in [7, 11) is -3.15. The molecular weight excluding hydrogens is 360 g/mol. The maximum absolute atomic E-state index is 12.3. The minimum Gasteiger partial charge on any atom is -0.295 e. The Morgan fingerprint density at radius 2 is 2.20 bits per heavy atom. The summed E-state index contributed by atoms with van der Waals surface area (Å²) in [5, 5.41) is 1.94. The van der Waals surface area contributed by atoms with E-state index in [1.807, 2.05) is 12.3 Å². The van der Waals surface area contributed by atoms with Crippen LogP contribution in [0.5, 0.6) is 0 Å². The largest absolute Gasteiger partial charge is 0.295 e. The molecule has 0 radical (unpaired) electrons. The van der Waals surface area contributed by atoms with Crippen LogP contribution in [0.25, 0.3) is 4.96 Å². The van der Waals surface area contributed by atoms with Gasteiger partial charge in [-0.2, -0.15) is 0 Å². The summed E-state index contributed by atoms with van der Waals surface area (Å²) in [6, 6.07) is 1.93. The molecule has 3 heterocycles. The van der Waals surface area contributed by atoms with Gasteiger partial charge in [-0.15, -0.1) is 11.3 Å². The standard InChI is InChI=1S/C16H24N4O3S2/c1-12-11-24-16-18-13(9-15(21)20(12)16)10-19-8-4-3-5-14(19)6-7-17-25(2,22)23/h9,11,14,17H,3-8,10H2,1-2H3/t14-/m0/s1. The Morgan fingerprint density at radius 1 is 1.40 bits per heavy atom. The first kappa shape index (κ1) is 18.5. The van der Waals surface area contributed by atoms with Crippen LogP contribution >= 0.6 is 11.3 Å². The molecule has 1 N–H and O–H groups in total. The molecule has 3 rings (SSSR count). The molecule has 2 aromatic rings. The van der Waals surface area contributed by atoms with E-state index in [1.54, 1.807) is 10.5 Å². The number of rotatable bonds is 6. The van der Waals surface area contributed by atoms with Crippen LogP contribution in [0.4, 0.5) is 0 Å². The van der Waals surface area contributed by atoms with Crippen molar-refractivity contribution in [3.63, 3.8) is 0 Å². The number of piperidine rings is 1. The quantitative estimate of drug-likeness (QED) is 0.813. The second-order valence-electron chi connectivity index (χ2n) is 6.66. The second-order valence-corrected chi connectivity index (χ2v) is 9.33. The third kappa shape index (κ3) is 4.66. The fraction of sp³-hybridized carbons (Fsp3) is 0.625. The number of nitrogens with zero attached hydrogens (tertiary/aromatic N) is 3. The summed E-state index contributed by atoms with van der Waals surface area (Å²) in [5.74, 6) is 0. The molecule has 1 atom stereocenters. The number of aryl methyl sites for hydroxylation is 1. The van der Waals surface area contributed by atoms with Crippen LogP contribution in [0.2, 0.25) is 0 Å². The van der Waals surface area contributed by atoms with E-state index in [1.165, 1.54) is 17.6 Å². The number of likely N-dealkylation sites (tertiary alicyclic amines) is 1. The van der Waals surface area contributed by atoms with E-state index in [2.05, 4.69) is 14.6 Å². The summed E-state index contributed by atoms with van der Waals surface area (Å²) in [6.45, 7) is 3.93. The van der Waals surface area contributed by atoms with Crippen molar-refractivity contribution in [1.82, 2.24) is 19.0 Å². The molecule has 138 valence electrons. The van der Waals surface area contributed by atoms with Crippen molar-refractivity contribution in [1.29, 1.82) is 0 Å². The van der Waals surface area contributed by atoms with Gasteiger partial charge in [0, 0.05) is 36.3 Å². The van der Waals surface area contributed by atoms with Gasteiger partial charge in [0.15, 0.2) is 4.96 Å². The highest BCUT2D eigenvalue weighted by Gasteiger charge is 2.23. The molecule has 1 saturated heterocycles. The van der Waals surface area contributed by atoms with Crippen molar-refractivity contribution >= 4 is 26.3 Å². The van der Waals surface area contributed by atoms with Gasteiger partial charge >= 0.3 is 0 Å². The summed E-state index contributed by atoms with van der Waals surface area (Å²) >= 11 is 1.48. The van der Waals surface area contributed by atoms with Crippen molar-refractivity contribution in [2.75, 3.05) is 19.3 Å². The first-order valence-corrected chi connectivity index (χ1v) is 11.3. The number of hydrogen-bond acceptors (Lipinski definition) is 6. The number of fused-ring (bicyclic) bond motifs is 1. The van der Waals surface area contributed by atoms with Gasteiger partial charge in [0.1, 0.15) is 0 Å². The number of nitrogens with one attached hydrogen (secondary N) is 1. The lowest BCUT2D eigenvalue weighted by atomic mass is 9.99.